The number of nitrogens with zero attached hydrogens (tertiary/aromatic N) is 1. The molecular weight excluding hydrogens is 322 g/mol. The van der Waals surface area contributed by atoms with Crippen molar-refractivity contribution in [1.29, 1.82) is 0 Å². The SMILES string of the molecule is O=C(/C=C1\C(=O)N(Cc2ccccc2)c2ccccc21)c1ccccc1. The first kappa shape index (κ1) is 16.0. The van der Waals surface area contributed by atoms with Gasteiger partial charge in [0, 0.05) is 11.1 Å². The third kappa shape index (κ3) is 2.95. The number of anilines is 1. The number of para-hydroxylation sites is 1. The Bertz CT molecular complexity index is 991. The molecule has 3 heteroatoms. The Balaban J connectivity index is 1.72. The fourth-order valence-electron chi connectivity index (χ4n) is 3.19. The van der Waals surface area contributed by atoms with Crippen LogP contribution in [-0.2, 0) is 11.3 Å². The van der Waals surface area contributed by atoms with Crippen LogP contribution < -0.4 is 4.90 Å². The minimum absolute atomic E-state index is 0.140. The molecule has 3 aromatic carbocycles. The molecule has 0 saturated heterocycles. The van der Waals surface area contributed by atoms with Crippen molar-refractivity contribution in [3.63, 3.8) is 0 Å². The molecule has 0 fully saturated rings. The molecule has 1 aliphatic rings. The monoisotopic (exact) mass is 339 g/mol. The van der Waals surface area contributed by atoms with Gasteiger partial charge in [-0.25, -0.2) is 0 Å². The lowest BCUT2D eigenvalue weighted by atomic mass is 10.0. The summed E-state index contributed by atoms with van der Waals surface area (Å²) in [4.78, 5) is 27.3. The summed E-state index contributed by atoms with van der Waals surface area (Å²) in [5.74, 6) is -0.301. The van der Waals surface area contributed by atoms with Crippen molar-refractivity contribution in [3.05, 3.63) is 108 Å². The van der Waals surface area contributed by atoms with Gasteiger partial charge in [0.15, 0.2) is 5.78 Å². The Morgan fingerprint density at radius 1 is 0.808 bits per heavy atom. The van der Waals surface area contributed by atoms with Gasteiger partial charge in [0.05, 0.1) is 17.8 Å². The van der Waals surface area contributed by atoms with E-state index in [1.165, 1.54) is 6.08 Å². The van der Waals surface area contributed by atoms with E-state index in [0.29, 0.717) is 17.7 Å². The number of carbonyl (C=O) groups is 2. The third-order valence-corrected chi connectivity index (χ3v) is 4.48. The highest BCUT2D eigenvalue weighted by molar-refractivity contribution is 6.35. The van der Waals surface area contributed by atoms with E-state index < -0.39 is 0 Å². The maximum Gasteiger partial charge on any atom is 0.259 e. The van der Waals surface area contributed by atoms with Crippen LogP contribution in [-0.4, -0.2) is 11.7 Å². The van der Waals surface area contributed by atoms with E-state index in [2.05, 4.69) is 0 Å². The fourth-order valence-corrected chi connectivity index (χ4v) is 3.19. The molecular formula is C23H17NO2. The summed E-state index contributed by atoms with van der Waals surface area (Å²) in [6.45, 7) is 0.480. The highest BCUT2D eigenvalue weighted by Crippen LogP contribution is 2.37. The molecule has 1 aliphatic heterocycles. The molecule has 0 saturated carbocycles. The molecule has 0 aliphatic carbocycles. The van der Waals surface area contributed by atoms with Crippen molar-refractivity contribution in [2.45, 2.75) is 6.54 Å². The van der Waals surface area contributed by atoms with Gasteiger partial charge in [-0.15, -0.1) is 0 Å². The first-order valence-corrected chi connectivity index (χ1v) is 8.50. The molecule has 4 rings (SSSR count). The van der Waals surface area contributed by atoms with Crippen LogP contribution >= 0.6 is 0 Å². The van der Waals surface area contributed by atoms with Crippen LogP contribution in [0, 0.1) is 0 Å². The van der Waals surface area contributed by atoms with Crippen molar-refractivity contribution in [2.75, 3.05) is 4.90 Å². The molecule has 0 N–H and O–H groups in total. The van der Waals surface area contributed by atoms with E-state index in [1.807, 2.05) is 72.8 Å². The predicted molar refractivity (Wildman–Crippen MR) is 103 cm³/mol. The molecule has 0 atom stereocenters. The second kappa shape index (κ2) is 6.81. The largest absolute Gasteiger partial charge is 0.303 e. The number of carbonyl (C=O) groups excluding carboxylic acids is 2. The van der Waals surface area contributed by atoms with Crippen molar-refractivity contribution in [3.8, 4) is 0 Å². The van der Waals surface area contributed by atoms with E-state index >= 15 is 0 Å². The van der Waals surface area contributed by atoms with Crippen molar-refractivity contribution < 1.29 is 9.59 Å². The summed E-state index contributed by atoms with van der Waals surface area (Å²) in [5.41, 5.74) is 3.72. The quantitative estimate of drug-likeness (QED) is 0.518. The van der Waals surface area contributed by atoms with Crippen LogP contribution in [0.5, 0.6) is 0 Å². The summed E-state index contributed by atoms with van der Waals surface area (Å²) in [7, 11) is 0. The van der Waals surface area contributed by atoms with Crippen molar-refractivity contribution in [2.24, 2.45) is 0 Å². The lowest BCUT2D eigenvalue weighted by Gasteiger charge is -2.17. The Kier molecular flexibility index (Phi) is 4.20. The standard InChI is InChI=1S/C23H17NO2/c25-22(18-11-5-2-6-12-18)15-20-19-13-7-8-14-21(19)24(23(20)26)16-17-9-3-1-4-10-17/h1-15H,16H2/b20-15-. The first-order valence-electron chi connectivity index (χ1n) is 8.50. The van der Waals surface area contributed by atoms with Crippen LogP contribution in [0.4, 0.5) is 5.69 Å². The maximum atomic E-state index is 13.0. The second-order valence-electron chi connectivity index (χ2n) is 6.18. The van der Waals surface area contributed by atoms with E-state index in [9.17, 15) is 9.59 Å². The third-order valence-electron chi connectivity index (χ3n) is 4.48. The summed E-state index contributed by atoms with van der Waals surface area (Å²) >= 11 is 0. The van der Waals surface area contributed by atoms with Gasteiger partial charge >= 0.3 is 0 Å². The molecule has 0 spiro atoms. The summed E-state index contributed by atoms with van der Waals surface area (Å²) in [6.07, 6.45) is 1.46. The van der Waals surface area contributed by atoms with E-state index in [0.717, 1.165) is 16.8 Å². The zero-order valence-corrected chi connectivity index (χ0v) is 14.1. The van der Waals surface area contributed by atoms with Crippen LogP contribution in [0.1, 0.15) is 21.5 Å². The topological polar surface area (TPSA) is 37.4 Å². The zero-order chi connectivity index (χ0) is 17.9. The molecule has 1 heterocycles. The van der Waals surface area contributed by atoms with Crippen LogP contribution in [0.2, 0.25) is 0 Å². The Morgan fingerprint density at radius 2 is 1.42 bits per heavy atom. The molecule has 0 unspecified atom stereocenters. The molecule has 3 nitrogen and oxygen atoms in total. The summed E-state index contributed by atoms with van der Waals surface area (Å²) in [6, 6.07) is 26.5. The fraction of sp³-hybridized carbons (Fsp3) is 0.0435. The average molecular weight is 339 g/mol. The second-order valence-corrected chi connectivity index (χ2v) is 6.18. The Labute approximate surface area is 152 Å². The van der Waals surface area contributed by atoms with E-state index in [4.69, 9.17) is 0 Å². The van der Waals surface area contributed by atoms with Gasteiger partial charge in [-0.1, -0.05) is 78.9 Å². The van der Waals surface area contributed by atoms with Crippen molar-refractivity contribution >= 4 is 23.0 Å². The number of ketones is 1. The normalized spacial score (nSPS) is 14.5. The highest BCUT2D eigenvalue weighted by Gasteiger charge is 2.32. The number of benzene rings is 3. The number of amides is 1. The smallest absolute Gasteiger partial charge is 0.259 e. The lowest BCUT2D eigenvalue weighted by Crippen LogP contribution is -2.25. The summed E-state index contributed by atoms with van der Waals surface area (Å²) < 4.78 is 0. The molecule has 3 aromatic rings. The molecule has 0 aromatic heterocycles. The van der Waals surface area contributed by atoms with Crippen LogP contribution in [0.15, 0.2) is 91.0 Å². The van der Waals surface area contributed by atoms with Gasteiger partial charge in [0.25, 0.3) is 5.91 Å². The summed E-state index contributed by atoms with van der Waals surface area (Å²) in [5, 5.41) is 0. The molecule has 1 amide bonds. The number of allylic oxidation sites excluding steroid dienone is 1. The lowest BCUT2D eigenvalue weighted by molar-refractivity contribution is -0.113. The van der Waals surface area contributed by atoms with Gasteiger partial charge in [-0.05, 0) is 17.7 Å². The number of fused-ring (bicyclic) bond motifs is 1. The molecule has 0 bridgehead atoms. The Morgan fingerprint density at radius 3 is 2.15 bits per heavy atom. The maximum absolute atomic E-state index is 13.0. The van der Waals surface area contributed by atoms with Gasteiger partial charge in [0.1, 0.15) is 0 Å². The van der Waals surface area contributed by atoms with Gasteiger partial charge in [-0.2, -0.15) is 0 Å². The number of hydrogen-bond donors (Lipinski definition) is 0. The van der Waals surface area contributed by atoms with Crippen LogP contribution in [0.25, 0.3) is 5.57 Å². The molecule has 0 radical (unpaired) electrons. The van der Waals surface area contributed by atoms with Gasteiger partial charge in [-0.3, -0.25) is 9.59 Å². The first-order chi connectivity index (χ1) is 12.7. The van der Waals surface area contributed by atoms with E-state index in [1.54, 1.807) is 17.0 Å². The Hall–Kier alpha value is -3.46. The van der Waals surface area contributed by atoms with Gasteiger partial charge in [0.2, 0.25) is 0 Å². The van der Waals surface area contributed by atoms with Crippen molar-refractivity contribution in [1.82, 2.24) is 0 Å². The number of rotatable bonds is 4. The average Bonchev–Trinajstić information content (AvgIpc) is 2.95. The number of hydrogen-bond acceptors (Lipinski definition) is 2. The molecule has 126 valence electrons. The highest BCUT2D eigenvalue weighted by atomic mass is 16.2. The van der Waals surface area contributed by atoms with Crippen LogP contribution in [0.3, 0.4) is 0 Å². The van der Waals surface area contributed by atoms with E-state index in [-0.39, 0.29) is 11.7 Å². The predicted octanol–water partition coefficient (Wildman–Crippen LogP) is 4.50. The zero-order valence-electron chi connectivity index (χ0n) is 14.1. The van der Waals surface area contributed by atoms with Gasteiger partial charge < -0.3 is 4.90 Å². The minimum Gasteiger partial charge on any atom is -0.303 e. The molecule has 26 heavy (non-hydrogen) atoms. The minimum atomic E-state index is -0.162.